The Morgan fingerprint density at radius 1 is 0.711 bits per heavy atom. The number of nitrogens with two attached hydrogens (primary N) is 2. The van der Waals surface area contributed by atoms with Crippen LogP contribution in [0.2, 0.25) is 0 Å². The third kappa shape index (κ3) is 22.2. The van der Waals surface area contributed by atoms with E-state index >= 15 is 0 Å². The van der Waals surface area contributed by atoms with Gasteiger partial charge in [-0.15, -0.1) is 0 Å². The number of carbonyl (C=O) groups excluding carboxylic acids is 9. The third-order valence-electron chi connectivity index (χ3n) is 16.4. The zero-order valence-corrected chi connectivity index (χ0v) is 54.8. The topological polar surface area (TPSA) is 324 Å². The molecule has 0 unspecified atom stereocenters. The molecule has 9 amide bonds. The van der Waals surface area contributed by atoms with Crippen LogP contribution in [0.25, 0.3) is 0 Å². The number of nitrogens with zero attached hydrogens (tertiary/aromatic N) is 3. The number of rotatable bonds is 35. The molecular formula is C66H99N11O13. The summed E-state index contributed by atoms with van der Waals surface area (Å²) in [6.07, 6.45) is 0.0374. The number of likely N-dealkylation sites (tertiary alicyclic amines) is 1. The lowest BCUT2D eigenvalue weighted by Gasteiger charge is -2.39. The van der Waals surface area contributed by atoms with Crippen LogP contribution >= 0.6 is 0 Å². The van der Waals surface area contributed by atoms with Crippen molar-refractivity contribution in [1.82, 2.24) is 36.0 Å². The van der Waals surface area contributed by atoms with E-state index in [0.29, 0.717) is 54.7 Å². The number of ether oxygens (including phenoxy) is 4. The first kappa shape index (κ1) is 74.5. The molecule has 1 aliphatic heterocycles. The molecule has 3 aromatic carbocycles. The Kier molecular flexibility index (Phi) is 30.4. The fourth-order valence-corrected chi connectivity index (χ4v) is 11.2. The molecule has 10 N–H and O–H groups in total. The molecule has 0 aromatic heterocycles. The van der Waals surface area contributed by atoms with Crippen LogP contribution in [-0.4, -0.2) is 171 Å². The van der Waals surface area contributed by atoms with Gasteiger partial charge in [-0.3, -0.25) is 39.0 Å². The summed E-state index contributed by atoms with van der Waals surface area (Å²) in [5.74, 6) is -4.52. The summed E-state index contributed by atoms with van der Waals surface area (Å²) in [4.78, 5) is 126. The molecule has 496 valence electrons. The van der Waals surface area contributed by atoms with Gasteiger partial charge in [-0.1, -0.05) is 122 Å². The minimum atomic E-state index is -0.983. The van der Waals surface area contributed by atoms with E-state index in [0.717, 1.165) is 11.1 Å². The zero-order chi connectivity index (χ0) is 66.9. The highest BCUT2D eigenvalue weighted by Crippen LogP contribution is 2.30. The lowest BCUT2D eigenvalue weighted by atomic mass is 9.92. The van der Waals surface area contributed by atoms with E-state index < -0.39 is 102 Å². The van der Waals surface area contributed by atoms with Crippen molar-refractivity contribution in [1.29, 1.82) is 0 Å². The highest BCUT2D eigenvalue weighted by atomic mass is 16.5. The standard InChI is InChI=1S/C66H99N11O13/c1-15-42(8)57(52(87-12)36-53(78)77-33-21-27-51(77)58(88-13)43(9)59(79)73-50(64(84)89-14)35-44-22-17-16-18-23-44)76(11)63(83)55(40(4)5)74-62(82)56(41(6)7)75(10)37-46-24-19-25-48(34-46)71-66(86)90-38-45-28-30-47(31-29-45)70-60(80)49(26-20-32-69-65(68)85)72-61(81)54(67)39(2)3/h16-19,22-25,28-31,34,39-41,43,49-52,54-58H,8,15,20-21,26-27,32-33,35-38,67H2,1-7,9-14H3,(H,70,80)(H,71,86)(H,72,81)(H,73,79)(H,74,82)(H3,68,69,85)/t43-,49+,50+,51+,52-,54+,55+,56+,57+,58-/m1/s1. The minimum absolute atomic E-state index is 0.0964. The predicted molar refractivity (Wildman–Crippen MR) is 344 cm³/mol. The average Bonchev–Trinajstić information content (AvgIpc) is 1.79. The van der Waals surface area contributed by atoms with E-state index in [1.54, 1.807) is 75.2 Å². The van der Waals surface area contributed by atoms with Gasteiger partial charge in [0.1, 0.15) is 24.7 Å². The van der Waals surface area contributed by atoms with Crippen LogP contribution in [0, 0.1) is 23.7 Å². The lowest BCUT2D eigenvalue weighted by molar-refractivity contribution is -0.147. The van der Waals surface area contributed by atoms with Crippen molar-refractivity contribution < 1.29 is 62.1 Å². The Labute approximate surface area is 531 Å². The number of benzene rings is 3. The summed E-state index contributed by atoms with van der Waals surface area (Å²) in [5.41, 5.74) is 14.9. The van der Waals surface area contributed by atoms with E-state index in [2.05, 4.69) is 38.5 Å². The Hall–Kier alpha value is -7.93. The molecule has 0 radical (unpaired) electrons. The second-order valence-corrected chi connectivity index (χ2v) is 24.1. The van der Waals surface area contributed by atoms with E-state index in [1.807, 2.05) is 83.0 Å². The third-order valence-corrected chi connectivity index (χ3v) is 16.4. The van der Waals surface area contributed by atoms with Crippen LogP contribution in [0.1, 0.15) is 111 Å². The quantitative estimate of drug-likeness (QED) is 0.0201. The van der Waals surface area contributed by atoms with Crippen molar-refractivity contribution in [2.24, 2.45) is 35.1 Å². The fraction of sp³-hybridized carbons (Fsp3) is 0.561. The fourth-order valence-electron chi connectivity index (χ4n) is 11.2. The second-order valence-electron chi connectivity index (χ2n) is 24.1. The average molecular weight is 1250 g/mol. The van der Waals surface area contributed by atoms with Gasteiger partial charge in [0.05, 0.1) is 55.8 Å². The van der Waals surface area contributed by atoms with Crippen LogP contribution in [0.15, 0.2) is 91.0 Å². The number of likely N-dealkylation sites (N-methyl/N-ethyl adjacent to an activating group) is 2. The lowest BCUT2D eigenvalue weighted by Crippen LogP contribution is -2.59. The number of anilines is 2. The summed E-state index contributed by atoms with van der Waals surface area (Å²) >= 11 is 0. The van der Waals surface area contributed by atoms with Gasteiger partial charge in [0.15, 0.2) is 0 Å². The van der Waals surface area contributed by atoms with Gasteiger partial charge < -0.3 is 66.8 Å². The number of nitrogens with one attached hydrogen (secondary N) is 6. The normalized spacial score (nSPS) is 16.1. The summed E-state index contributed by atoms with van der Waals surface area (Å²) in [5, 5.41) is 16.6. The van der Waals surface area contributed by atoms with Gasteiger partial charge in [-0.05, 0) is 97.9 Å². The molecule has 90 heavy (non-hydrogen) atoms. The van der Waals surface area contributed by atoms with Crippen molar-refractivity contribution in [2.45, 2.75) is 168 Å². The maximum Gasteiger partial charge on any atom is 0.411 e. The van der Waals surface area contributed by atoms with Crippen LogP contribution in [-0.2, 0) is 72.1 Å². The highest BCUT2D eigenvalue weighted by molar-refractivity contribution is 5.98. The highest BCUT2D eigenvalue weighted by Gasteiger charge is 2.43. The van der Waals surface area contributed by atoms with Gasteiger partial charge in [0.25, 0.3) is 0 Å². The van der Waals surface area contributed by atoms with Gasteiger partial charge in [0.2, 0.25) is 35.4 Å². The van der Waals surface area contributed by atoms with E-state index in [-0.39, 0.29) is 68.5 Å². The Morgan fingerprint density at radius 3 is 1.96 bits per heavy atom. The number of methoxy groups -OCH3 is 3. The largest absolute Gasteiger partial charge is 0.467 e. The molecule has 4 rings (SSSR count). The first-order valence-corrected chi connectivity index (χ1v) is 30.9. The zero-order valence-electron chi connectivity index (χ0n) is 54.8. The van der Waals surface area contributed by atoms with Crippen molar-refractivity contribution in [3.05, 3.63) is 108 Å². The van der Waals surface area contributed by atoms with Gasteiger partial charge >= 0.3 is 18.1 Å². The molecule has 10 atom stereocenters. The molecule has 0 spiro atoms. The molecule has 1 heterocycles. The van der Waals surface area contributed by atoms with Crippen molar-refractivity contribution in [2.75, 3.05) is 59.1 Å². The SMILES string of the molecule is C=C(CC)[C@@H]([C@@H](CC(=O)N1CCC[C@H]1[C@H](OC)[C@@H](C)C(=O)N[C@@H](Cc1ccccc1)C(=O)OC)OC)N(C)C(=O)[C@@H](NC(=O)[C@H](C(C)C)N(C)Cc1cccc(NC(=O)OCc2ccc(NC(=O)[C@H](CCCNC(N)=O)NC(=O)[C@@H](N)C(C)C)cc2)c1)C(C)C. The number of hydrogen-bond donors (Lipinski definition) is 8. The van der Waals surface area contributed by atoms with Crippen LogP contribution in [0.4, 0.5) is 21.0 Å². The van der Waals surface area contributed by atoms with Crippen LogP contribution in [0.3, 0.4) is 0 Å². The maximum absolute atomic E-state index is 14.8. The van der Waals surface area contributed by atoms with Crippen molar-refractivity contribution >= 4 is 64.9 Å². The maximum atomic E-state index is 14.8. The number of amides is 9. The van der Waals surface area contributed by atoms with Gasteiger partial charge in [-0.25, -0.2) is 14.4 Å². The molecule has 1 saturated heterocycles. The Bertz CT molecular complexity index is 2870. The molecule has 0 bridgehead atoms. The molecule has 3 aromatic rings. The molecule has 0 aliphatic carbocycles. The van der Waals surface area contributed by atoms with Gasteiger partial charge in [0, 0.05) is 58.7 Å². The number of hydrogen-bond acceptors (Lipinski definition) is 15. The molecule has 24 heteroatoms. The number of primary amides is 1. The second kappa shape index (κ2) is 36.7. The minimum Gasteiger partial charge on any atom is -0.467 e. The predicted octanol–water partition coefficient (Wildman–Crippen LogP) is 5.63. The summed E-state index contributed by atoms with van der Waals surface area (Å²) in [7, 11) is 7.68. The number of urea groups is 1. The van der Waals surface area contributed by atoms with Crippen LogP contribution < -0.4 is 43.4 Å². The monoisotopic (exact) mass is 1250 g/mol. The molecule has 1 fully saturated rings. The van der Waals surface area contributed by atoms with Crippen molar-refractivity contribution in [3.63, 3.8) is 0 Å². The smallest absolute Gasteiger partial charge is 0.411 e. The molecule has 24 nitrogen and oxygen atoms in total. The summed E-state index contributed by atoms with van der Waals surface area (Å²) in [6.45, 7) is 19.9. The first-order valence-electron chi connectivity index (χ1n) is 30.9. The Balaban J connectivity index is 1.38. The van der Waals surface area contributed by atoms with Gasteiger partial charge in [-0.2, -0.15) is 0 Å². The first-order chi connectivity index (χ1) is 42.6. The van der Waals surface area contributed by atoms with Crippen LogP contribution in [0.5, 0.6) is 0 Å². The summed E-state index contributed by atoms with van der Waals surface area (Å²) in [6, 6.07) is 16.7. The molecular weight excluding hydrogens is 1150 g/mol. The molecule has 0 saturated carbocycles. The summed E-state index contributed by atoms with van der Waals surface area (Å²) < 4.78 is 22.6. The number of esters is 1. The van der Waals surface area contributed by atoms with E-state index in [9.17, 15) is 43.2 Å². The van der Waals surface area contributed by atoms with E-state index in [1.165, 1.54) is 26.2 Å². The Morgan fingerprint density at radius 2 is 1.37 bits per heavy atom. The molecule has 1 aliphatic rings. The van der Waals surface area contributed by atoms with E-state index in [4.69, 9.17) is 30.4 Å². The number of carbonyl (C=O) groups is 9. The van der Waals surface area contributed by atoms with Crippen molar-refractivity contribution in [3.8, 4) is 0 Å².